The van der Waals surface area contributed by atoms with Crippen molar-refractivity contribution in [1.29, 1.82) is 0 Å². The van der Waals surface area contributed by atoms with Gasteiger partial charge in [-0.3, -0.25) is 0 Å². The van der Waals surface area contributed by atoms with Crippen molar-refractivity contribution in [1.82, 2.24) is 10.3 Å². The first-order valence-corrected chi connectivity index (χ1v) is 7.53. The Bertz CT molecular complexity index is 529. The van der Waals surface area contributed by atoms with E-state index in [1.807, 2.05) is 11.3 Å². The van der Waals surface area contributed by atoms with Gasteiger partial charge in [0.05, 0.1) is 15.2 Å². The van der Waals surface area contributed by atoms with Crippen molar-refractivity contribution in [2.45, 2.75) is 19.8 Å². The van der Waals surface area contributed by atoms with E-state index in [-0.39, 0.29) is 0 Å². The molecule has 1 aromatic carbocycles. The van der Waals surface area contributed by atoms with Gasteiger partial charge >= 0.3 is 0 Å². The molecule has 2 aromatic rings. The number of hydrogen-bond acceptors (Lipinski definition) is 4. The van der Waals surface area contributed by atoms with Crippen LogP contribution in [0.2, 0.25) is 0 Å². The molecule has 1 saturated heterocycles. The molecular formula is C14H19N3S. The van der Waals surface area contributed by atoms with E-state index in [1.54, 1.807) is 0 Å². The topological polar surface area (TPSA) is 28.2 Å². The Morgan fingerprint density at radius 1 is 1.33 bits per heavy atom. The molecule has 1 fully saturated rings. The molecule has 0 aliphatic carbocycles. The second-order valence-corrected chi connectivity index (χ2v) is 5.86. The lowest BCUT2D eigenvalue weighted by Crippen LogP contribution is -2.43. The van der Waals surface area contributed by atoms with E-state index in [0.29, 0.717) is 0 Å². The molecule has 0 saturated carbocycles. The molecule has 18 heavy (non-hydrogen) atoms. The highest BCUT2D eigenvalue weighted by atomic mass is 32.1. The average Bonchev–Trinajstić information content (AvgIpc) is 2.81. The van der Waals surface area contributed by atoms with Crippen LogP contribution in [-0.2, 0) is 6.42 Å². The first-order chi connectivity index (χ1) is 8.86. The van der Waals surface area contributed by atoms with Crippen molar-refractivity contribution >= 4 is 27.2 Å². The fraction of sp³-hybridized carbons (Fsp3) is 0.500. The van der Waals surface area contributed by atoms with Gasteiger partial charge in [0, 0.05) is 31.9 Å². The second-order valence-electron chi connectivity index (χ2n) is 4.75. The smallest absolute Gasteiger partial charge is 0.0938 e. The normalized spacial score (nSPS) is 16.4. The number of aromatic nitrogens is 1. The number of benzene rings is 1. The van der Waals surface area contributed by atoms with Crippen molar-refractivity contribution in [3.8, 4) is 0 Å². The van der Waals surface area contributed by atoms with Crippen LogP contribution in [0.25, 0.3) is 10.2 Å². The molecule has 1 aliphatic rings. The van der Waals surface area contributed by atoms with Crippen molar-refractivity contribution < 1.29 is 0 Å². The van der Waals surface area contributed by atoms with Gasteiger partial charge < -0.3 is 10.2 Å². The molecule has 0 unspecified atom stereocenters. The number of hydrogen-bond donors (Lipinski definition) is 1. The summed E-state index contributed by atoms with van der Waals surface area (Å²) in [6, 6.07) is 6.68. The molecule has 0 radical (unpaired) electrons. The zero-order valence-electron chi connectivity index (χ0n) is 10.8. The van der Waals surface area contributed by atoms with Gasteiger partial charge in [-0.25, -0.2) is 4.98 Å². The zero-order valence-corrected chi connectivity index (χ0v) is 11.6. The van der Waals surface area contributed by atoms with Crippen LogP contribution >= 0.6 is 11.3 Å². The lowest BCUT2D eigenvalue weighted by atomic mass is 10.2. The summed E-state index contributed by atoms with van der Waals surface area (Å²) < 4.78 is 1.33. The maximum atomic E-state index is 4.68. The molecule has 1 N–H and O–H groups in total. The second kappa shape index (κ2) is 5.24. The summed E-state index contributed by atoms with van der Waals surface area (Å²) >= 11 is 1.85. The van der Waals surface area contributed by atoms with Gasteiger partial charge in [0.2, 0.25) is 0 Å². The third-order valence-electron chi connectivity index (χ3n) is 3.36. The third kappa shape index (κ3) is 2.35. The van der Waals surface area contributed by atoms with E-state index in [9.17, 15) is 0 Å². The maximum absolute atomic E-state index is 4.68. The van der Waals surface area contributed by atoms with E-state index in [1.165, 1.54) is 21.8 Å². The summed E-state index contributed by atoms with van der Waals surface area (Å²) in [6.07, 6.45) is 2.27. The Kier molecular flexibility index (Phi) is 3.48. The van der Waals surface area contributed by atoms with E-state index in [2.05, 4.69) is 40.3 Å². The Morgan fingerprint density at radius 3 is 2.94 bits per heavy atom. The van der Waals surface area contributed by atoms with Crippen LogP contribution in [0, 0.1) is 0 Å². The number of anilines is 1. The van der Waals surface area contributed by atoms with Crippen molar-refractivity contribution in [3.63, 3.8) is 0 Å². The Hall–Kier alpha value is -1.13. The number of aryl methyl sites for hydroxylation is 1. The van der Waals surface area contributed by atoms with Crippen LogP contribution in [0.1, 0.15) is 18.4 Å². The molecule has 96 valence electrons. The monoisotopic (exact) mass is 261 g/mol. The zero-order chi connectivity index (χ0) is 12.4. The highest BCUT2D eigenvalue weighted by Gasteiger charge is 2.12. The third-order valence-corrected chi connectivity index (χ3v) is 4.44. The minimum absolute atomic E-state index is 1.09. The van der Waals surface area contributed by atoms with Crippen LogP contribution in [0.3, 0.4) is 0 Å². The van der Waals surface area contributed by atoms with Gasteiger partial charge in [-0.2, -0.15) is 0 Å². The minimum atomic E-state index is 1.09. The Labute approximate surface area is 112 Å². The number of fused-ring (bicyclic) bond motifs is 1. The number of thiazole rings is 1. The first-order valence-electron chi connectivity index (χ1n) is 6.72. The summed E-state index contributed by atoms with van der Waals surface area (Å²) in [5.74, 6) is 0. The molecule has 1 aliphatic heterocycles. The largest absolute Gasteiger partial charge is 0.369 e. The fourth-order valence-electron chi connectivity index (χ4n) is 2.40. The van der Waals surface area contributed by atoms with Gasteiger partial charge in [0.25, 0.3) is 0 Å². The average molecular weight is 261 g/mol. The van der Waals surface area contributed by atoms with Crippen molar-refractivity contribution in [3.05, 3.63) is 23.2 Å². The summed E-state index contributed by atoms with van der Waals surface area (Å²) in [6.45, 7) is 6.58. The molecule has 2 heterocycles. The van der Waals surface area contributed by atoms with Crippen LogP contribution in [-0.4, -0.2) is 31.2 Å². The molecule has 3 rings (SSSR count). The Balaban J connectivity index is 1.89. The van der Waals surface area contributed by atoms with Crippen LogP contribution in [0.15, 0.2) is 18.2 Å². The molecular weight excluding hydrogens is 242 g/mol. The molecule has 4 heteroatoms. The molecule has 1 aromatic heterocycles. The van der Waals surface area contributed by atoms with Gasteiger partial charge in [-0.05, 0) is 31.0 Å². The fourth-order valence-corrected chi connectivity index (χ4v) is 3.50. The van der Waals surface area contributed by atoms with Crippen LogP contribution in [0.4, 0.5) is 5.69 Å². The van der Waals surface area contributed by atoms with E-state index < -0.39 is 0 Å². The quantitative estimate of drug-likeness (QED) is 0.920. The van der Waals surface area contributed by atoms with Crippen molar-refractivity contribution in [2.24, 2.45) is 0 Å². The summed E-state index contributed by atoms with van der Waals surface area (Å²) in [5.41, 5.74) is 2.50. The number of piperazine rings is 1. The van der Waals surface area contributed by atoms with Gasteiger partial charge in [-0.15, -0.1) is 11.3 Å². The highest BCUT2D eigenvalue weighted by molar-refractivity contribution is 7.18. The minimum Gasteiger partial charge on any atom is -0.369 e. The van der Waals surface area contributed by atoms with E-state index in [4.69, 9.17) is 0 Å². The number of nitrogens with zero attached hydrogens (tertiary/aromatic N) is 2. The van der Waals surface area contributed by atoms with E-state index >= 15 is 0 Å². The number of nitrogens with one attached hydrogen (secondary N) is 1. The first kappa shape index (κ1) is 11.9. The molecule has 0 spiro atoms. The lowest BCUT2D eigenvalue weighted by Gasteiger charge is -2.29. The number of rotatable bonds is 3. The Morgan fingerprint density at radius 2 is 2.17 bits per heavy atom. The van der Waals surface area contributed by atoms with E-state index in [0.717, 1.165) is 38.1 Å². The summed E-state index contributed by atoms with van der Waals surface area (Å²) in [7, 11) is 0. The standard InChI is InChI=1S/C14H19N3S/c1-2-3-14-16-12-5-4-11(10-13(12)18-14)17-8-6-15-7-9-17/h4-5,10,15H,2-3,6-9H2,1H3. The highest BCUT2D eigenvalue weighted by Crippen LogP contribution is 2.27. The van der Waals surface area contributed by atoms with Gasteiger partial charge in [0.1, 0.15) is 0 Å². The predicted octanol–water partition coefficient (Wildman–Crippen LogP) is 2.66. The lowest BCUT2D eigenvalue weighted by molar-refractivity contribution is 0.589. The summed E-state index contributed by atoms with van der Waals surface area (Å²) in [4.78, 5) is 7.13. The maximum Gasteiger partial charge on any atom is 0.0938 e. The molecule has 0 amide bonds. The molecule has 0 bridgehead atoms. The van der Waals surface area contributed by atoms with Gasteiger partial charge in [0.15, 0.2) is 0 Å². The van der Waals surface area contributed by atoms with Crippen LogP contribution in [0.5, 0.6) is 0 Å². The van der Waals surface area contributed by atoms with Crippen LogP contribution < -0.4 is 10.2 Å². The van der Waals surface area contributed by atoms with Crippen molar-refractivity contribution in [2.75, 3.05) is 31.1 Å². The molecule has 0 atom stereocenters. The summed E-state index contributed by atoms with van der Waals surface area (Å²) in [5, 5.41) is 4.66. The molecule has 3 nitrogen and oxygen atoms in total. The van der Waals surface area contributed by atoms with Gasteiger partial charge in [-0.1, -0.05) is 6.92 Å². The SMILES string of the molecule is CCCc1nc2ccc(N3CCNCC3)cc2s1. The predicted molar refractivity (Wildman–Crippen MR) is 78.7 cm³/mol.